The molecule has 29 heavy (non-hydrogen) atoms. The van der Waals surface area contributed by atoms with Crippen LogP contribution in [0.4, 0.5) is 0 Å². The van der Waals surface area contributed by atoms with Crippen LogP contribution in [0.15, 0.2) is 0 Å². The van der Waals surface area contributed by atoms with Crippen molar-refractivity contribution in [3.63, 3.8) is 0 Å². The van der Waals surface area contributed by atoms with E-state index in [0.717, 1.165) is 53.3 Å². The minimum absolute atomic E-state index is 0.844. The zero-order valence-electron chi connectivity index (χ0n) is 22.0. The van der Waals surface area contributed by atoms with Crippen LogP contribution < -0.4 is 0 Å². The van der Waals surface area contributed by atoms with Crippen molar-refractivity contribution in [2.45, 2.75) is 133 Å². The van der Waals surface area contributed by atoms with Gasteiger partial charge in [0.05, 0.1) is 0 Å². The van der Waals surface area contributed by atoms with Gasteiger partial charge in [-0.2, -0.15) is 0 Å². The molecule has 0 saturated heterocycles. The van der Waals surface area contributed by atoms with Crippen LogP contribution in [0.5, 0.6) is 0 Å². The Hall–Kier alpha value is 0. The topological polar surface area (TPSA) is 0 Å². The fourth-order valence-electron chi connectivity index (χ4n) is 6.22. The van der Waals surface area contributed by atoms with Gasteiger partial charge in [0.1, 0.15) is 0 Å². The van der Waals surface area contributed by atoms with E-state index in [1.165, 1.54) is 64.2 Å². The first-order chi connectivity index (χ1) is 13.7. The van der Waals surface area contributed by atoms with Crippen LogP contribution in [0.1, 0.15) is 133 Å². The number of rotatable bonds is 17. The van der Waals surface area contributed by atoms with E-state index in [4.69, 9.17) is 0 Å². The number of hydrogen-bond acceptors (Lipinski definition) is 0. The summed E-state index contributed by atoms with van der Waals surface area (Å²) in [4.78, 5) is 0. The molecule has 0 N–H and O–H groups in total. The van der Waals surface area contributed by atoms with Crippen LogP contribution >= 0.6 is 0 Å². The van der Waals surface area contributed by atoms with Gasteiger partial charge in [-0.15, -0.1) is 0 Å². The summed E-state index contributed by atoms with van der Waals surface area (Å²) in [6.45, 7) is 22.0. The molecule has 0 bridgehead atoms. The molecule has 1 saturated carbocycles. The zero-order valence-corrected chi connectivity index (χ0v) is 22.0. The first-order valence-corrected chi connectivity index (χ1v) is 13.7. The number of hydrogen-bond donors (Lipinski definition) is 0. The molecule has 0 aromatic heterocycles. The summed E-state index contributed by atoms with van der Waals surface area (Å²) in [5.41, 5.74) is 0. The van der Waals surface area contributed by atoms with E-state index in [1.54, 1.807) is 6.42 Å². The third-order valence-corrected chi connectivity index (χ3v) is 8.18. The van der Waals surface area contributed by atoms with Crippen LogP contribution in [-0.2, 0) is 0 Å². The molecular formula is C29H58. The van der Waals surface area contributed by atoms with Gasteiger partial charge in [0.15, 0.2) is 0 Å². The van der Waals surface area contributed by atoms with E-state index in [1.807, 2.05) is 0 Å². The molecule has 0 heteroatoms. The van der Waals surface area contributed by atoms with Crippen LogP contribution in [0.25, 0.3) is 0 Å². The highest BCUT2D eigenvalue weighted by Crippen LogP contribution is 2.55. The second-order valence-electron chi connectivity index (χ2n) is 12.1. The predicted octanol–water partition coefficient (Wildman–Crippen LogP) is 10.0. The molecule has 0 nitrogen and oxygen atoms in total. The van der Waals surface area contributed by atoms with E-state index in [2.05, 4.69) is 62.3 Å². The Labute approximate surface area is 186 Å². The van der Waals surface area contributed by atoms with Crippen molar-refractivity contribution < 1.29 is 0 Å². The summed E-state index contributed by atoms with van der Waals surface area (Å²) in [6.07, 6.45) is 16.0. The lowest BCUT2D eigenvalue weighted by atomic mass is 9.76. The summed E-state index contributed by atoms with van der Waals surface area (Å²) in [6, 6.07) is 0. The Balaban J connectivity index is 2.66. The predicted molar refractivity (Wildman–Crippen MR) is 133 cm³/mol. The molecule has 1 fully saturated rings. The van der Waals surface area contributed by atoms with Gasteiger partial charge in [0.2, 0.25) is 0 Å². The van der Waals surface area contributed by atoms with Gasteiger partial charge in [-0.1, -0.05) is 107 Å². The normalized spacial score (nSPS) is 23.6. The standard InChI is InChI=1S/C29H58/c1-10-12-13-14-15-25(17-16-21(3)4)27(11-2)29-20-28(29)24(9)19-26(23(7)8)18-22(5)6/h21-29H,10-20H2,1-9H3. The molecule has 174 valence electrons. The molecule has 1 rings (SSSR count). The van der Waals surface area contributed by atoms with Crippen LogP contribution in [0.3, 0.4) is 0 Å². The number of unbranched alkanes of at least 4 members (excludes halogenated alkanes) is 3. The highest BCUT2D eigenvalue weighted by atomic mass is 14.5. The van der Waals surface area contributed by atoms with Gasteiger partial charge in [-0.25, -0.2) is 0 Å². The van der Waals surface area contributed by atoms with Crippen molar-refractivity contribution in [2.24, 2.45) is 53.3 Å². The lowest BCUT2D eigenvalue weighted by Crippen LogP contribution is -2.21. The van der Waals surface area contributed by atoms with Crippen LogP contribution in [0, 0.1) is 53.3 Å². The minimum atomic E-state index is 0.844. The molecule has 6 unspecified atom stereocenters. The van der Waals surface area contributed by atoms with Crippen molar-refractivity contribution in [3.8, 4) is 0 Å². The second-order valence-corrected chi connectivity index (χ2v) is 12.1. The van der Waals surface area contributed by atoms with E-state index in [0.29, 0.717) is 0 Å². The molecule has 1 aliphatic rings. The summed E-state index contributed by atoms with van der Waals surface area (Å²) in [7, 11) is 0. The molecule has 0 amide bonds. The Morgan fingerprint density at radius 3 is 1.86 bits per heavy atom. The lowest BCUT2D eigenvalue weighted by Gasteiger charge is -2.30. The maximum Gasteiger partial charge on any atom is -0.0349 e. The Kier molecular flexibility index (Phi) is 13.2. The smallest absolute Gasteiger partial charge is 0.0349 e. The van der Waals surface area contributed by atoms with Gasteiger partial charge in [0.25, 0.3) is 0 Å². The van der Waals surface area contributed by atoms with Crippen molar-refractivity contribution in [3.05, 3.63) is 0 Å². The summed E-state index contributed by atoms with van der Waals surface area (Å²) in [5, 5.41) is 0. The molecule has 1 aliphatic carbocycles. The van der Waals surface area contributed by atoms with E-state index >= 15 is 0 Å². The van der Waals surface area contributed by atoms with Gasteiger partial charge in [-0.3, -0.25) is 0 Å². The largest absolute Gasteiger partial charge is 0.0654 e. The first-order valence-electron chi connectivity index (χ1n) is 13.7. The molecule has 0 heterocycles. The average Bonchev–Trinajstić information content (AvgIpc) is 3.42. The Bertz CT molecular complexity index is 393. The Morgan fingerprint density at radius 1 is 0.655 bits per heavy atom. The molecule has 6 atom stereocenters. The van der Waals surface area contributed by atoms with Gasteiger partial charge < -0.3 is 0 Å². The van der Waals surface area contributed by atoms with Gasteiger partial charge >= 0.3 is 0 Å². The minimum Gasteiger partial charge on any atom is -0.0654 e. The third-order valence-electron chi connectivity index (χ3n) is 8.18. The average molecular weight is 407 g/mol. The summed E-state index contributed by atoms with van der Waals surface area (Å²) < 4.78 is 0. The molecule has 0 aromatic carbocycles. The van der Waals surface area contributed by atoms with Gasteiger partial charge in [-0.05, 0) is 78.9 Å². The van der Waals surface area contributed by atoms with Crippen LogP contribution in [-0.4, -0.2) is 0 Å². The SMILES string of the molecule is CCCCCCC(CCC(C)C)C(CC)C1CC1C(C)CC(CC(C)C)C(C)C. The highest BCUT2D eigenvalue weighted by molar-refractivity contribution is 4.96. The van der Waals surface area contributed by atoms with Crippen molar-refractivity contribution >= 4 is 0 Å². The van der Waals surface area contributed by atoms with Crippen molar-refractivity contribution in [1.29, 1.82) is 0 Å². The zero-order chi connectivity index (χ0) is 22.0. The highest BCUT2D eigenvalue weighted by Gasteiger charge is 2.47. The van der Waals surface area contributed by atoms with E-state index < -0.39 is 0 Å². The van der Waals surface area contributed by atoms with Crippen molar-refractivity contribution in [1.82, 2.24) is 0 Å². The van der Waals surface area contributed by atoms with E-state index in [9.17, 15) is 0 Å². The second kappa shape index (κ2) is 14.1. The summed E-state index contributed by atoms with van der Waals surface area (Å²) in [5.74, 6) is 8.50. The molecule has 0 aromatic rings. The first kappa shape index (κ1) is 27.0. The van der Waals surface area contributed by atoms with E-state index in [-0.39, 0.29) is 0 Å². The molecular weight excluding hydrogens is 348 g/mol. The Morgan fingerprint density at radius 2 is 1.34 bits per heavy atom. The molecule has 0 aliphatic heterocycles. The summed E-state index contributed by atoms with van der Waals surface area (Å²) >= 11 is 0. The fraction of sp³-hybridized carbons (Fsp3) is 1.00. The van der Waals surface area contributed by atoms with Crippen molar-refractivity contribution in [2.75, 3.05) is 0 Å². The molecule has 0 radical (unpaired) electrons. The van der Waals surface area contributed by atoms with Crippen LogP contribution in [0.2, 0.25) is 0 Å². The third kappa shape index (κ3) is 10.2. The maximum atomic E-state index is 2.59. The lowest BCUT2D eigenvalue weighted by molar-refractivity contribution is 0.203. The monoisotopic (exact) mass is 406 g/mol. The molecule has 0 spiro atoms. The quantitative estimate of drug-likeness (QED) is 0.211. The van der Waals surface area contributed by atoms with Gasteiger partial charge in [0, 0.05) is 0 Å². The fourth-order valence-corrected chi connectivity index (χ4v) is 6.22. The maximum absolute atomic E-state index is 2.59.